The Balaban J connectivity index is 2.01. The van der Waals surface area contributed by atoms with Crippen molar-refractivity contribution in [3.8, 4) is 0 Å². The zero-order chi connectivity index (χ0) is 14.8. The van der Waals surface area contributed by atoms with E-state index in [2.05, 4.69) is 31.0 Å². The molecule has 1 heterocycles. The highest BCUT2D eigenvalue weighted by atomic mass is 16.5. The maximum Gasteiger partial charge on any atom is 0.241 e. The van der Waals surface area contributed by atoms with E-state index in [9.17, 15) is 4.79 Å². The normalized spacial score (nSPS) is 28.4. The van der Waals surface area contributed by atoms with Crippen LogP contribution in [0.25, 0.3) is 0 Å². The van der Waals surface area contributed by atoms with Crippen LogP contribution in [0, 0.1) is 11.3 Å². The number of carbonyl (C=O) groups excluding carboxylic acids is 1. The average Bonchev–Trinajstić information content (AvgIpc) is 3.11. The van der Waals surface area contributed by atoms with Crippen LogP contribution in [-0.4, -0.2) is 43.3 Å². The average molecular weight is 282 g/mol. The van der Waals surface area contributed by atoms with Crippen molar-refractivity contribution in [1.82, 2.24) is 10.2 Å². The van der Waals surface area contributed by atoms with Crippen LogP contribution in [0.15, 0.2) is 0 Å². The summed E-state index contributed by atoms with van der Waals surface area (Å²) in [7, 11) is 1.76. The Hall–Kier alpha value is -0.610. The van der Waals surface area contributed by atoms with Crippen molar-refractivity contribution in [3.05, 3.63) is 0 Å². The van der Waals surface area contributed by atoms with Crippen LogP contribution < -0.4 is 5.32 Å². The van der Waals surface area contributed by atoms with E-state index in [1.54, 1.807) is 7.11 Å². The van der Waals surface area contributed by atoms with E-state index in [0.717, 1.165) is 32.4 Å². The molecule has 2 rings (SSSR count). The van der Waals surface area contributed by atoms with Crippen molar-refractivity contribution in [2.75, 3.05) is 20.3 Å². The van der Waals surface area contributed by atoms with Crippen molar-refractivity contribution in [1.29, 1.82) is 0 Å². The zero-order valence-electron chi connectivity index (χ0n) is 13.4. The van der Waals surface area contributed by atoms with Crippen LogP contribution in [0.1, 0.15) is 52.9 Å². The molecule has 116 valence electrons. The molecule has 4 heteroatoms. The van der Waals surface area contributed by atoms with Gasteiger partial charge in [-0.25, -0.2) is 0 Å². The highest BCUT2D eigenvalue weighted by Crippen LogP contribution is 2.50. The van der Waals surface area contributed by atoms with Crippen LogP contribution >= 0.6 is 0 Å². The molecule has 2 fully saturated rings. The first kappa shape index (κ1) is 15.8. The first-order valence-corrected chi connectivity index (χ1v) is 8.08. The maximum atomic E-state index is 12.6. The summed E-state index contributed by atoms with van der Waals surface area (Å²) in [5.41, 5.74) is 0.339. The van der Waals surface area contributed by atoms with Crippen molar-refractivity contribution in [2.45, 2.75) is 65.1 Å². The van der Waals surface area contributed by atoms with Gasteiger partial charge in [-0.1, -0.05) is 27.2 Å². The first-order chi connectivity index (χ1) is 9.53. The largest absolute Gasteiger partial charge is 0.385 e. The van der Waals surface area contributed by atoms with Gasteiger partial charge in [0.25, 0.3) is 0 Å². The lowest BCUT2D eigenvalue weighted by atomic mass is 10.0. The number of hydrogen-bond acceptors (Lipinski definition) is 3. The Morgan fingerprint density at radius 3 is 2.65 bits per heavy atom. The Bertz CT molecular complexity index is 339. The SMILES string of the molecule is CCCC1NC(C(C)C)C(=O)N1CC1(CCOC)CC1. The first-order valence-electron chi connectivity index (χ1n) is 8.08. The Labute approximate surface area is 123 Å². The number of nitrogens with zero attached hydrogens (tertiary/aromatic N) is 1. The zero-order valence-corrected chi connectivity index (χ0v) is 13.4. The number of ether oxygens (including phenoxy) is 1. The molecule has 1 saturated carbocycles. The summed E-state index contributed by atoms with van der Waals surface area (Å²) in [5, 5.41) is 3.54. The molecule has 2 unspecified atom stereocenters. The van der Waals surface area contributed by atoms with E-state index in [0.29, 0.717) is 17.2 Å². The van der Waals surface area contributed by atoms with E-state index < -0.39 is 0 Å². The molecule has 4 nitrogen and oxygen atoms in total. The van der Waals surface area contributed by atoms with E-state index >= 15 is 0 Å². The molecule has 0 aromatic heterocycles. The molecule has 0 radical (unpaired) electrons. The van der Waals surface area contributed by atoms with Crippen molar-refractivity contribution < 1.29 is 9.53 Å². The van der Waals surface area contributed by atoms with Gasteiger partial charge in [0.2, 0.25) is 5.91 Å². The van der Waals surface area contributed by atoms with Gasteiger partial charge in [-0.3, -0.25) is 10.1 Å². The molecule has 1 aliphatic heterocycles. The Kier molecular flexibility index (Phi) is 5.08. The number of nitrogens with one attached hydrogen (secondary N) is 1. The maximum absolute atomic E-state index is 12.6. The summed E-state index contributed by atoms with van der Waals surface area (Å²) >= 11 is 0. The van der Waals surface area contributed by atoms with Crippen LogP contribution in [0.5, 0.6) is 0 Å². The fourth-order valence-corrected chi connectivity index (χ4v) is 3.22. The molecular formula is C16H30N2O2. The third-order valence-corrected chi connectivity index (χ3v) is 4.83. The van der Waals surface area contributed by atoms with Gasteiger partial charge in [-0.2, -0.15) is 0 Å². The number of carbonyl (C=O) groups is 1. The molecule has 0 bridgehead atoms. The topological polar surface area (TPSA) is 41.6 Å². The number of methoxy groups -OCH3 is 1. The van der Waals surface area contributed by atoms with Gasteiger partial charge in [0.05, 0.1) is 12.2 Å². The summed E-state index contributed by atoms with van der Waals surface area (Å²) in [4.78, 5) is 14.8. The van der Waals surface area contributed by atoms with E-state index in [1.807, 2.05) is 0 Å². The van der Waals surface area contributed by atoms with Gasteiger partial charge < -0.3 is 9.64 Å². The highest BCUT2D eigenvalue weighted by molar-refractivity contribution is 5.84. The summed E-state index contributed by atoms with van der Waals surface area (Å²) in [5.74, 6) is 0.670. The monoisotopic (exact) mass is 282 g/mol. The van der Waals surface area contributed by atoms with Gasteiger partial charge in [0.1, 0.15) is 0 Å². The van der Waals surface area contributed by atoms with Crippen molar-refractivity contribution in [3.63, 3.8) is 0 Å². The fourth-order valence-electron chi connectivity index (χ4n) is 3.22. The molecule has 1 N–H and O–H groups in total. The van der Waals surface area contributed by atoms with Crippen LogP contribution in [-0.2, 0) is 9.53 Å². The second-order valence-electron chi connectivity index (χ2n) is 6.90. The smallest absolute Gasteiger partial charge is 0.241 e. The minimum absolute atomic E-state index is 0.00442. The van der Waals surface area contributed by atoms with E-state index in [-0.39, 0.29) is 12.2 Å². The summed E-state index contributed by atoms with van der Waals surface area (Å²) in [6, 6.07) is 0.00442. The molecule has 1 aliphatic carbocycles. The number of amides is 1. The van der Waals surface area contributed by atoms with Crippen molar-refractivity contribution in [2.24, 2.45) is 11.3 Å². The Morgan fingerprint density at radius 1 is 1.45 bits per heavy atom. The highest BCUT2D eigenvalue weighted by Gasteiger charge is 2.48. The summed E-state index contributed by atoms with van der Waals surface area (Å²) < 4.78 is 5.22. The molecule has 0 aromatic rings. The quantitative estimate of drug-likeness (QED) is 0.743. The lowest BCUT2D eigenvalue weighted by Crippen LogP contribution is -2.41. The lowest BCUT2D eigenvalue weighted by molar-refractivity contribution is -0.131. The van der Waals surface area contributed by atoms with Crippen LogP contribution in [0.2, 0.25) is 0 Å². The van der Waals surface area contributed by atoms with Gasteiger partial charge in [0, 0.05) is 20.3 Å². The Morgan fingerprint density at radius 2 is 2.15 bits per heavy atom. The molecule has 0 spiro atoms. The third kappa shape index (κ3) is 3.34. The predicted octanol–water partition coefficient (Wildman–Crippen LogP) is 2.39. The van der Waals surface area contributed by atoms with E-state index in [1.165, 1.54) is 12.8 Å². The molecule has 0 aromatic carbocycles. The molecule has 20 heavy (non-hydrogen) atoms. The minimum Gasteiger partial charge on any atom is -0.385 e. The lowest BCUT2D eigenvalue weighted by Gasteiger charge is -2.28. The van der Waals surface area contributed by atoms with Gasteiger partial charge in [0.15, 0.2) is 0 Å². The second kappa shape index (κ2) is 6.44. The van der Waals surface area contributed by atoms with Crippen molar-refractivity contribution >= 4 is 5.91 Å². The van der Waals surface area contributed by atoms with E-state index in [4.69, 9.17) is 4.74 Å². The minimum atomic E-state index is 0.00442. The van der Waals surface area contributed by atoms with Gasteiger partial charge in [-0.05, 0) is 37.0 Å². The third-order valence-electron chi connectivity index (χ3n) is 4.83. The van der Waals surface area contributed by atoms with Crippen LogP contribution in [0.4, 0.5) is 0 Å². The molecule has 1 saturated heterocycles. The molecular weight excluding hydrogens is 252 g/mol. The van der Waals surface area contributed by atoms with Crippen LogP contribution in [0.3, 0.4) is 0 Å². The van der Waals surface area contributed by atoms with Gasteiger partial charge >= 0.3 is 0 Å². The number of hydrogen-bond donors (Lipinski definition) is 1. The molecule has 2 aliphatic rings. The fraction of sp³-hybridized carbons (Fsp3) is 0.938. The molecule has 2 atom stereocenters. The summed E-state index contributed by atoms with van der Waals surface area (Å²) in [6.07, 6.45) is 5.96. The molecule has 1 amide bonds. The summed E-state index contributed by atoms with van der Waals surface area (Å²) in [6.45, 7) is 8.15. The predicted molar refractivity (Wildman–Crippen MR) is 80.3 cm³/mol. The number of rotatable bonds is 8. The standard InChI is InChI=1S/C16H30N2O2/c1-5-6-13-17-14(12(2)3)15(19)18(13)11-16(7-8-16)9-10-20-4/h12-14,17H,5-11H2,1-4H3. The van der Waals surface area contributed by atoms with Gasteiger partial charge in [-0.15, -0.1) is 0 Å². The second-order valence-corrected chi connectivity index (χ2v) is 6.90.